The summed E-state index contributed by atoms with van der Waals surface area (Å²) in [5, 5.41) is 0. The van der Waals surface area contributed by atoms with Crippen LogP contribution in [-0.4, -0.2) is 22.5 Å². The van der Waals surface area contributed by atoms with Gasteiger partial charge < -0.3 is 9.05 Å². The summed E-state index contributed by atoms with van der Waals surface area (Å²) in [6.45, 7) is 3.17. The summed E-state index contributed by atoms with van der Waals surface area (Å²) >= 11 is 15.9. The molecule has 0 spiro atoms. The Bertz CT molecular complexity index is 240. The van der Waals surface area contributed by atoms with E-state index in [1.165, 1.54) is 0 Å². The molecule has 0 heterocycles. The van der Waals surface area contributed by atoms with Crippen LogP contribution in [0.3, 0.4) is 0 Å². The zero-order valence-corrected chi connectivity index (χ0v) is 10.8. The van der Waals surface area contributed by atoms with Crippen molar-refractivity contribution >= 4 is 47.9 Å². The molecule has 0 aromatic heterocycles. The number of carbonyl (C=O) groups excluding carboxylic acids is 1. The SMILES string of the molecule is CCOP(=O)(OCC)C(=O)C(Cl)(Cl)Cl. The van der Waals surface area contributed by atoms with E-state index in [0.29, 0.717) is 0 Å². The lowest BCUT2D eigenvalue weighted by Gasteiger charge is -2.18. The predicted octanol–water partition coefficient (Wildman–Crippen LogP) is 3.15. The van der Waals surface area contributed by atoms with Gasteiger partial charge in [0.15, 0.2) is 0 Å². The fraction of sp³-hybridized carbons (Fsp3) is 0.833. The van der Waals surface area contributed by atoms with Crippen LogP contribution in [0, 0.1) is 0 Å². The van der Waals surface area contributed by atoms with Crippen molar-refractivity contribution < 1.29 is 18.4 Å². The van der Waals surface area contributed by atoms with Crippen LogP contribution in [0.2, 0.25) is 0 Å². The molecule has 0 fully saturated rings. The van der Waals surface area contributed by atoms with E-state index < -0.39 is 16.9 Å². The van der Waals surface area contributed by atoms with Crippen LogP contribution >= 0.6 is 42.4 Å². The highest BCUT2D eigenvalue weighted by Gasteiger charge is 2.47. The van der Waals surface area contributed by atoms with Crippen molar-refractivity contribution in [2.45, 2.75) is 17.6 Å². The quantitative estimate of drug-likeness (QED) is 0.574. The van der Waals surface area contributed by atoms with Gasteiger partial charge in [-0.15, -0.1) is 0 Å². The lowest BCUT2D eigenvalue weighted by Crippen LogP contribution is -2.21. The summed E-state index contributed by atoms with van der Waals surface area (Å²) in [7, 11) is -3.97. The molecule has 0 aromatic carbocycles. The minimum absolute atomic E-state index is 0.0315. The Balaban J connectivity index is 4.83. The first kappa shape index (κ1) is 14.7. The molecule has 0 rings (SSSR count). The first-order valence-corrected chi connectivity index (χ1v) is 6.46. The maximum absolute atomic E-state index is 11.7. The third-order valence-electron chi connectivity index (χ3n) is 1.09. The highest BCUT2D eigenvalue weighted by atomic mass is 35.6. The first-order valence-electron chi connectivity index (χ1n) is 3.78. The zero-order chi connectivity index (χ0) is 11.4. The molecule has 14 heavy (non-hydrogen) atoms. The number of alkyl halides is 3. The molecular weight excluding hydrogens is 273 g/mol. The largest absolute Gasteiger partial charge is 0.401 e. The van der Waals surface area contributed by atoms with Crippen molar-refractivity contribution in [2.24, 2.45) is 0 Å². The van der Waals surface area contributed by atoms with Crippen molar-refractivity contribution in [1.82, 2.24) is 0 Å². The molecule has 0 saturated heterocycles. The molecule has 0 aliphatic rings. The Morgan fingerprint density at radius 3 is 1.79 bits per heavy atom. The third kappa shape index (κ3) is 4.05. The van der Waals surface area contributed by atoms with Gasteiger partial charge in [-0.1, -0.05) is 34.8 Å². The zero-order valence-electron chi connectivity index (χ0n) is 7.63. The van der Waals surface area contributed by atoms with Crippen LogP contribution in [-0.2, 0) is 18.4 Å². The minimum Gasteiger partial charge on any atom is -0.303 e. The molecule has 0 atom stereocenters. The predicted molar refractivity (Wildman–Crippen MR) is 56.2 cm³/mol. The molecule has 0 unspecified atom stereocenters. The average molecular weight is 283 g/mol. The molecule has 0 amide bonds. The van der Waals surface area contributed by atoms with Crippen LogP contribution in [0.15, 0.2) is 0 Å². The van der Waals surface area contributed by atoms with Gasteiger partial charge in [-0.25, -0.2) is 0 Å². The molecule has 0 aliphatic heterocycles. The number of carbonyl (C=O) groups is 1. The van der Waals surface area contributed by atoms with Crippen LogP contribution < -0.4 is 0 Å². The molecular formula is C6H10Cl3O4P. The maximum atomic E-state index is 11.7. The lowest BCUT2D eigenvalue weighted by atomic mass is 10.9. The Hall–Kier alpha value is 0.690. The van der Waals surface area contributed by atoms with E-state index in [1.54, 1.807) is 13.8 Å². The topological polar surface area (TPSA) is 52.6 Å². The smallest absolute Gasteiger partial charge is 0.303 e. The molecule has 8 heteroatoms. The van der Waals surface area contributed by atoms with E-state index in [4.69, 9.17) is 34.8 Å². The van der Waals surface area contributed by atoms with E-state index in [1.807, 2.05) is 0 Å². The number of rotatable bonds is 5. The summed E-state index contributed by atoms with van der Waals surface area (Å²) < 4.78 is 18.8. The minimum atomic E-state index is -3.97. The molecule has 84 valence electrons. The maximum Gasteiger partial charge on any atom is 0.401 e. The van der Waals surface area contributed by atoms with Crippen LogP contribution in [0.5, 0.6) is 0 Å². The molecule has 0 saturated carbocycles. The number of halogens is 3. The molecule has 0 aliphatic carbocycles. The second kappa shape index (κ2) is 5.69. The Morgan fingerprint density at radius 1 is 1.21 bits per heavy atom. The highest BCUT2D eigenvalue weighted by molar-refractivity contribution is 7.73. The summed E-state index contributed by atoms with van der Waals surface area (Å²) in [5.74, 6) is 0. The Labute approximate surface area is 97.3 Å². The van der Waals surface area contributed by atoms with Crippen molar-refractivity contribution in [2.75, 3.05) is 13.2 Å². The molecule has 4 nitrogen and oxygen atoms in total. The van der Waals surface area contributed by atoms with Gasteiger partial charge in [0.25, 0.3) is 9.32 Å². The van der Waals surface area contributed by atoms with Gasteiger partial charge in [0.2, 0.25) is 0 Å². The Morgan fingerprint density at radius 2 is 1.57 bits per heavy atom. The van der Waals surface area contributed by atoms with Crippen molar-refractivity contribution in [3.63, 3.8) is 0 Å². The fourth-order valence-electron chi connectivity index (χ4n) is 0.650. The standard InChI is InChI=1S/C6H10Cl3O4P/c1-3-12-14(11,13-4-2)5(10)6(7,8)9/h3-4H2,1-2H3. The van der Waals surface area contributed by atoms with Gasteiger partial charge in [0.05, 0.1) is 13.2 Å². The van der Waals surface area contributed by atoms with E-state index in [9.17, 15) is 9.36 Å². The lowest BCUT2D eigenvalue weighted by molar-refractivity contribution is -0.113. The normalized spacial score (nSPS) is 12.9. The number of hydrogen-bond acceptors (Lipinski definition) is 4. The van der Waals surface area contributed by atoms with Crippen molar-refractivity contribution in [3.8, 4) is 0 Å². The van der Waals surface area contributed by atoms with Gasteiger partial charge in [-0.2, -0.15) is 0 Å². The van der Waals surface area contributed by atoms with Crippen molar-refractivity contribution in [3.05, 3.63) is 0 Å². The monoisotopic (exact) mass is 282 g/mol. The molecule has 0 radical (unpaired) electrons. The first-order chi connectivity index (χ1) is 6.28. The summed E-state index contributed by atoms with van der Waals surface area (Å²) in [6.07, 6.45) is 0. The summed E-state index contributed by atoms with van der Waals surface area (Å²) in [6, 6.07) is 0. The molecule has 0 bridgehead atoms. The van der Waals surface area contributed by atoms with Crippen molar-refractivity contribution in [1.29, 1.82) is 0 Å². The van der Waals surface area contributed by atoms with Gasteiger partial charge in [-0.05, 0) is 13.8 Å². The molecule has 0 N–H and O–H groups in total. The third-order valence-corrected chi connectivity index (χ3v) is 4.03. The van der Waals surface area contributed by atoms with Crippen LogP contribution in [0.4, 0.5) is 0 Å². The fourth-order valence-corrected chi connectivity index (χ4v) is 2.88. The highest BCUT2D eigenvalue weighted by Crippen LogP contribution is 2.55. The van der Waals surface area contributed by atoms with Gasteiger partial charge in [-0.3, -0.25) is 9.36 Å². The second-order valence-corrected chi connectivity index (χ2v) is 6.33. The van der Waals surface area contributed by atoms with E-state index >= 15 is 0 Å². The average Bonchev–Trinajstić information content (AvgIpc) is 2.02. The van der Waals surface area contributed by atoms with Gasteiger partial charge in [0.1, 0.15) is 0 Å². The van der Waals surface area contributed by atoms with E-state index in [0.717, 1.165) is 0 Å². The van der Waals surface area contributed by atoms with E-state index in [2.05, 4.69) is 9.05 Å². The van der Waals surface area contributed by atoms with Gasteiger partial charge in [0, 0.05) is 0 Å². The molecule has 0 aromatic rings. The second-order valence-electron chi connectivity index (χ2n) is 2.14. The van der Waals surface area contributed by atoms with Crippen LogP contribution in [0.1, 0.15) is 13.8 Å². The van der Waals surface area contributed by atoms with Crippen LogP contribution in [0.25, 0.3) is 0 Å². The van der Waals surface area contributed by atoms with E-state index in [-0.39, 0.29) is 13.2 Å². The van der Waals surface area contributed by atoms with Gasteiger partial charge >= 0.3 is 7.60 Å². The Kier molecular flexibility index (Phi) is 5.97. The summed E-state index contributed by atoms with van der Waals surface area (Å²) in [5.41, 5.74) is -1.17. The summed E-state index contributed by atoms with van der Waals surface area (Å²) in [4.78, 5) is 11.4. The number of hydrogen-bond donors (Lipinski definition) is 0.